The molecule has 1 heterocycles. The van der Waals surface area contributed by atoms with Crippen LogP contribution in [0.4, 0.5) is 24.5 Å². The third kappa shape index (κ3) is 5.31. The molecule has 188 valence electrons. The molecule has 4 rings (SSSR count). The minimum Gasteiger partial charge on any atom is -0.452 e. The normalized spacial score (nSPS) is 13.3. The van der Waals surface area contributed by atoms with Gasteiger partial charge in [0.05, 0.1) is 32.4 Å². The number of anilines is 2. The fourth-order valence-electron chi connectivity index (χ4n) is 3.67. The number of benzene rings is 3. The first-order valence-electron chi connectivity index (χ1n) is 10.5. The van der Waals surface area contributed by atoms with Gasteiger partial charge in [-0.3, -0.25) is 9.10 Å². The highest BCUT2D eigenvalue weighted by atomic mass is 35.5. The van der Waals surface area contributed by atoms with Gasteiger partial charge in [0.15, 0.2) is 6.61 Å². The van der Waals surface area contributed by atoms with Crippen molar-refractivity contribution in [2.45, 2.75) is 17.5 Å². The number of halogens is 4. The first kappa shape index (κ1) is 25.5. The minimum absolute atomic E-state index is 0.117. The average molecular weight is 539 g/mol. The van der Waals surface area contributed by atoms with Crippen LogP contribution in [0.5, 0.6) is 0 Å². The molecule has 0 aromatic heterocycles. The molecule has 0 unspecified atom stereocenters. The number of alkyl halides is 3. The van der Waals surface area contributed by atoms with Crippen LogP contribution in [0.2, 0.25) is 5.02 Å². The summed E-state index contributed by atoms with van der Waals surface area (Å²) >= 11 is 5.84. The fraction of sp³-hybridized carbons (Fsp3) is 0.167. The molecule has 0 atom stereocenters. The Labute approximate surface area is 209 Å². The van der Waals surface area contributed by atoms with E-state index in [1.54, 1.807) is 12.1 Å². The fourth-order valence-corrected chi connectivity index (χ4v) is 5.38. The second-order valence-corrected chi connectivity index (χ2v) is 10.1. The summed E-state index contributed by atoms with van der Waals surface area (Å²) < 4.78 is 71.3. The van der Waals surface area contributed by atoms with Crippen molar-refractivity contribution in [1.82, 2.24) is 0 Å². The smallest absolute Gasteiger partial charge is 0.416 e. The van der Waals surface area contributed by atoms with Crippen LogP contribution in [-0.2, 0) is 32.2 Å². The van der Waals surface area contributed by atoms with Crippen molar-refractivity contribution in [3.63, 3.8) is 0 Å². The Morgan fingerprint density at radius 2 is 1.78 bits per heavy atom. The number of fused-ring (bicyclic) bond motifs is 1. The maximum Gasteiger partial charge on any atom is 0.416 e. The van der Waals surface area contributed by atoms with Crippen LogP contribution < -0.4 is 9.62 Å². The molecule has 0 spiro atoms. The lowest BCUT2D eigenvalue weighted by molar-refractivity contribution is -0.137. The van der Waals surface area contributed by atoms with Crippen LogP contribution in [0.3, 0.4) is 0 Å². The zero-order chi connectivity index (χ0) is 26.1. The molecule has 0 aliphatic carbocycles. The molecule has 1 amide bonds. The monoisotopic (exact) mass is 538 g/mol. The predicted octanol–water partition coefficient (Wildman–Crippen LogP) is 4.91. The van der Waals surface area contributed by atoms with Crippen LogP contribution in [0.25, 0.3) is 0 Å². The van der Waals surface area contributed by atoms with Gasteiger partial charge in [-0.1, -0.05) is 35.9 Å². The molecule has 0 saturated heterocycles. The summed E-state index contributed by atoms with van der Waals surface area (Å²) in [6.45, 7) is -0.573. The van der Waals surface area contributed by atoms with Gasteiger partial charge in [0.1, 0.15) is 0 Å². The van der Waals surface area contributed by atoms with Crippen molar-refractivity contribution in [2.75, 3.05) is 22.8 Å². The van der Waals surface area contributed by atoms with Gasteiger partial charge < -0.3 is 10.1 Å². The lowest BCUT2D eigenvalue weighted by Gasteiger charge is -2.19. The van der Waals surface area contributed by atoms with Gasteiger partial charge in [-0.2, -0.15) is 13.2 Å². The molecule has 1 N–H and O–H groups in total. The zero-order valence-electron chi connectivity index (χ0n) is 18.4. The standard InChI is InChI=1S/C24H18ClF3N2O5S/c25-19-9-8-17(24(26,27)28)13-20(19)29-22(31)14-35-23(32)16-5-3-6-18(12-16)36(33,34)30-11-10-15-4-1-2-7-21(15)30/h1-9,12-13H,10-11,14H2,(H,29,31). The number of nitrogens with zero attached hydrogens (tertiary/aromatic N) is 1. The van der Waals surface area contributed by atoms with Crippen molar-refractivity contribution in [1.29, 1.82) is 0 Å². The SMILES string of the molecule is O=C(COC(=O)c1cccc(S(=O)(=O)N2CCc3ccccc32)c1)Nc1cc(C(F)(F)F)ccc1Cl. The van der Waals surface area contributed by atoms with Crippen molar-refractivity contribution in [3.05, 3.63) is 88.4 Å². The molecular weight excluding hydrogens is 521 g/mol. The van der Waals surface area contributed by atoms with Gasteiger partial charge >= 0.3 is 12.1 Å². The van der Waals surface area contributed by atoms with Gasteiger partial charge in [0, 0.05) is 6.54 Å². The maximum atomic E-state index is 13.2. The highest BCUT2D eigenvalue weighted by molar-refractivity contribution is 7.92. The van der Waals surface area contributed by atoms with Gasteiger partial charge in [-0.25, -0.2) is 13.2 Å². The van der Waals surface area contributed by atoms with E-state index in [1.807, 2.05) is 12.1 Å². The van der Waals surface area contributed by atoms with E-state index in [4.69, 9.17) is 16.3 Å². The number of carbonyl (C=O) groups excluding carboxylic acids is 2. The second-order valence-electron chi connectivity index (χ2n) is 7.80. The van der Waals surface area contributed by atoms with Crippen LogP contribution in [-0.4, -0.2) is 33.4 Å². The second kappa shape index (κ2) is 9.82. The predicted molar refractivity (Wildman–Crippen MR) is 126 cm³/mol. The summed E-state index contributed by atoms with van der Waals surface area (Å²) in [5.41, 5.74) is 0.0248. The highest BCUT2D eigenvalue weighted by Gasteiger charge is 2.32. The number of nitrogens with one attached hydrogen (secondary N) is 1. The summed E-state index contributed by atoms with van der Waals surface area (Å²) in [5, 5.41) is 2.03. The third-order valence-electron chi connectivity index (χ3n) is 5.40. The number of hydrogen-bond acceptors (Lipinski definition) is 5. The van der Waals surface area contributed by atoms with Gasteiger partial charge in [0.2, 0.25) is 0 Å². The van der Waals surface area contributed by atoms with Gasteiger partial charge in [-0.15, -0.1) is 0 Å². The Hall–Kier alpha value is -3.57. The Balaban J connectivity index is 1.44. The lowest BCUT2D eigenvalue weighted by Crippen LogP contribution is -2.29. The summed E-state index contributed by atoms with van der Waals surface area (Å²) in [5.74, 6) is -1.92. The molecule has 3 aromatic carbocycles. The Morgan fingerprint density at radius 1 is 1.03 bits per heavy atom. The largest absolute Gasteiger partial charge is 0.452 e. The Morgan fingerprint density at radius 3 is 2.53 bits per heavy atom. The molecule has 3 aromatic rings. The molecule has 0 bridgehead atoms. The van der Waals surface area contributed by atoms with E-state index in [-0.39, 0.29) is 27.7 Å². The first-order valence-corrected chi connectivity index (χ1v) is 12.3. The molecule has 1 aliphatic heterocycles. The summed E-state index contributed by atoms with van der Waals surface area (Å²) in [6.07, 6.45) is -4.08. The average Bonchev–Trinajstić information content (AvgIpc) is 3.28. The number of carbonyl (C=O) groups is 2. The van der Waals surface area contributed by atoms with Crippen LogP contribution in [0, 0.1) is 0 Å². The van der Waals surface area contributed by atoms with Crippen molar-refractivity contribution in [2.24, 2.45) is 0 Å². The van der Waals surface area contributed by atoms with Crippen LogP contribution in [0.1, 0.15) is 21.5 Å². The molecule has 1 aliphatic rings. The lowest BCUT2D eigenvalue weighted by atomic mass is 10.2. The number of esters is 1. The van der Waals surface area contributed by atoms with Crippen LogP contribution in [0.15, 0.2) is 71.6 Å². The van der Waals surface area contributed by atoms with E-state index in [0.29, 0.717) is 18.2 Å². The summed E-state index contributed by atoms with van der Waals surface area (Å²) in [4.78, 5) is 24.5. The Bertz CT molecular complexity index is 1440. The zero-order valence-corrected chi connectivity index (χ0v) is 20.0. The van der Waals surface area contributed by atoms with Crippen LogP contribution >= 0.6 is 11.6 Å². The van der Waals surface area contributed by atoms with Crippen molar-refractivity contribution >= 4 is 44.9 Å². The van der Waals surface area contributed by atoms with Crippen molar-refractivity contribution < 1.29 is 35.9 Å². The molecule has 0 fully saturated rings. The topological polar surface area (TPSA) is 92.8 Å². The first-order chi connectivity index (χ1) is 17.0. The van der Waals surface area contributed by atoms with E-state index >= 15 is 0 Å². The molecular formula is C24H18ClF3N2O5S. The number of sulfonamides is 1. The third-order valence-corrected chi connectivity index (χ3v) is 7.54. The Kier molecular flexibility index (Phi) is 6.96. The van der Waals surface area contributed by atoms with E-state index in [1.165, 1.54) is 22.5 Å². The number of ether oxygens (including phenoxy) is 1. The van der Waals surface area contributed by atoms with Crippen molar-refractivity contribution in [3.8, 4) is 0 Å². The van der Waals surface area contributed by atoms with E-state index in [2.05, 4.69) is 5.32 Å². The summed E-state index contributed by atoms with van der Waals surface area (Å²) in [6, 6.07) is 14.7. The molecule has 7 nitrogen and oxygen atoms in total. The van der Waals surface area contributed by atoms with E-state index in [0.717, 1.165) is 23.8 Å². The number of rotatable bonds is 6. The van der Waals surface area contributed by atoms with Gasteiger partial charge in [-0.05, 0) is 54.4 Å². The van der Waals surface area contributed by atoms with E-state index < -0.39 is 40.2 Å². The quantitative estimate of drug-likeness (QED) is 0.450. The number of para-hydroxylation sites is 1. The molecule has 12 heteroatoms. The number of amides is 1. The van der Waals surface area contributed by atoms with Gasteiger partial charge in [0.25, 0.3) is 15.9 Å². The highest BCUT2D eigenvalue weighted by Crippen LogP contribution is 2.34. The molecule has 36 heavy (non-hydrogen) atoms. The maximum absolute atomic E-state index is 13.2. The molecule has 0 radical (unpaired) electrons. The number of hydrogen-bond donors (Lipinski definition) is 1. The molecule has 0 saturated carbocycles. The summed E-state index contributed by atoms with van der Waals surface area (Å²) in [7, 11) is -3.96. The minimum atomic E-state index is -4.64. The van der Waals surface area contributed by atoms with E-state index in [9.17, 15) is 31.2 Å².